The summed E-state index contributed by atoms with van der Waals surface area (Å²) in [4.78, 5) is 51.4. The predicted octanol–water partition coefficient (Wildman–Crippen LogP) is 2.97. The Labute approximate surface area is 213 Å². The minimum atomic E-state index is -1.77. The lowest BCUT2D eigenvalue weighted by atomic mass is 9.43. The van der Waals surface area contributed by atoms with Gasteiger partial charge in [0.2, 0.25) is 0 Å². The van der Waals surface area contributed by atoms with Crippen molar-refractivity contribution in [1.29, 1.82) is 0 Å². The first-order valence-corrected chi connectivity index (χ1v) is 12.7. The molecule has 196 valence electrons. The third-order valence-electron chi connectivity index (χ3n) is 9.89. The molecule has 2 bridgehead atoms. The Morgan fingerprint density at radius 3 is 2.57 bits per heavy atom. The quantitative estimate of drug-likeness (QED) is 0.213. The summed E-state index contributed by atoms with van der Waals surface area (Å²) in [5, 5.41) is 22.0. The van der Waals surface area contributed by atoms with E-state index in [-0.39, 0.29) is 34.8 Å². The Hall–Kier alpha value is -3.11. The lowest BCUT2D eigenvalue weighted by Crippen LogP contribution is -2.71. The predicted molar refractivity (Wildman–Crippen MR) is 126 cm³/mol. The highest BCUT2D eigenvalue weighted by Crippen LogP contribution is 2.71. The van der Waals surface area contributed by atoms with E-state index in [2.05, 4.69) is 20.4 Å². The smallest absolute Gasteiger partial charge is 0.338 e. The maximum Gasteiger partial charge on any atom is 0.338 e. The van der Waals surface area contributed by atoms with Crippen molar-refractivity contribution in [2.45, 2.75) is 58.0 Å². The zero-order valence-electron chi connectivity index (χ0n) is 20.7. The monoisotopic (exact) mass is 511 g/mol. The van der Waals surface area contributed by atoms with Crippen LogP contribution in [0.25, 0.3) is 0 Å². The first-order valence-electron chi connectivity index (χ1n) is 12.7. The van der Waals surface area contributed by atoms with Crippen LogP contribution in [-0.2, 0) is 23.8 Å². The molecule has 10 heteroatoms. The van der Waals surface area contributed by atoms with Crippen LogP contribution in [0.2, 0.25) is 0 Å². The minimum Gasteiger partial charge on any atom is -0.461 e. The number of aliphatic hydroxyl groups excluding tert-OH is 1. The van der Waals surface area contributed by atoms with E-state index in [0.29, 0.717) is 19.3 Å². The van der Waals surface area contributed by atoms with E-state index in [4.69, 9.17) is 14.2 Å². The number of benzene rings is 1. The maximum absolute atomic E-state index is 13.9. The van der Waals surface area contributed by atoms with Crippen LogP contribution in [0.15, 0.2) is 36.4 Å². The van der Waals surface area contributed by atoms with Gasteiger partial charge in [0.15, 0.2) is 17.5 Å². The van der Waals surface area contributed by atoms with Crippen molar-refractivity contribution in [3.8, 4) is 0 Å². The van der Waals surface area contributed by atoms with E-state index in [1.165, 1.54) is 24.3 Å². The van der Waals surface area contributed by atoms with E-state index in [1.807, 2.05) is 0 Å². The summed E-state index contributed by atoms with van der Waals surface area (Å²) in [5.74, 6) is -3.45. The fourth-order valence-corrected chi connectivity index (χ4v) is 8.39. The Balaban J connectivity index is 1.44. The van der Waals surface area contributed by atoms with Gasteiger partial charge in [-0.15, -0.1) is 0 Å². The highest BCUT2D eigenvalue weighted by atomic mass is 16.6. The van der Waals surface area contributed by atoms with Crippen LogP contribution in [0.3, 0.4) is 0 Å². The summed E-state index contributed by atoms with van der Waals surface area (Å²) in [6.45, 7) is 8.24. The summed E-state index contributed by atoms with van der Waals surface area (Å²) in [5.41, 5.74) is -2.79. The molecule has 6 rings (SSSR count). The summed E-state index contributed by atoms with van der Waals surface area (Å²) in [6.07, 6.45) is -0.404. The average molecular weight is 512 g/mol. The molecule has 2 saturated heterocycles. The normalized spacial score (nSPS) is 41.3. The number of hydrogen-bond acceptors (Lipinski definition) is 9. The fourth-order valence-electron chi connectivity index (χ4n) is 8.39. The molecule has 1 aromatic carbocycles. The molecule has 3 aliphatic carbocycles. The lowest BCUT2D eigenvalue weighted by Gasteiger charge is -2.62. The molecule has 37 heavy (non-hydrogen) atoms. The van der Waals surface area contributed by atoms with E-state index >= 15 is 0 Å². The molecule has 0 radical (unpaired) electrons. The van der Waals surface area contributed by atoms with E-state index in [9.17, 15) is 29.6 Å². The zero-order valence-corrected chi connectivity index (χ0v) is 20.7. The Bertz CT molecular complexity index is 1240. The van der Waals surface area contributed by atoms with Crippen molar-refractivity contribution >= 4 is 23.4 Å². The van der Waals surface area contributed by atoms with Crippen molar-refractivity contribution in [2.24, 2.45) is 34.0 Å². The van der Waals surface area contributed by atoms with Gasteiger partial charge in [0.25, 0.3) is 5.69 Å². The van der Waals surface area contributed by atoms with Gasteiger partial charge in [-0.25, -0.2) is 4.79 Å². The molecular formula is C27H29NO9. The molecule has 1 N–H and O–H groups in total. The molecule has 10 nitrogen and oxygen atoms in total. The molecule has 8 atom stereocenters. The van der Waals surface area contributed by atoms with Crippen molar-refractivity contribution in [1.82, 2.24) is 0 Å². The largest absolute Gasteiger partial charge is 0.461 e. The molecule has 5 fully saturated rings. The molecule has 5 aliphatic rings. The van der Waals surface area contributed by atoms with Gasteiger partial charge >= 0.3 is 11.9 Å². The first kappa shape index (κ1) is 24.2. The topological polar surface area (TPSA) is 142 Å². The highest BCUT2D eigenvalue weighted by Gasteiger charge is 2.81. The van der Waals surface area contributed by atoms with Gasteiger partial charge < -0.3 is 19.3 Å². The second-order valence-corrected chi connectivity index (χ2v) is 11.8. The zero-order chi connectivity index (χ0) is 26.5. The number of fused-ring (bicyclic) bond motifs is 1. The lowest BCUT2D eigenvalue weighted by molar-refractivity contribution is -0.384. The van der Waals surface area contributed by atoms with Crippen LogP contribution in [0, 0.1) is 44.1 Å². The molecule has 1 aromatic rings. The van der Waals surface area contributed by atoms with Gasteiger partial charge in [-0.05, 0) is 54.7 Å². The molecule has 0 unspecified atom stereocenters. The number of nitro groups is 1. The Kier molecular flexibility index (Phi) is 5.05. The second kappa shape index (κ2) is 7.70. The van der Waals surface area contributed by atoms with Crippen LogP contribution in [0.4, 0.5) is 5.69 Å². The van der Waals surface area contributed by atoms with Crippen LogP contribution in [-0.4, -0.2) is 52.9 Å². The molecule has 0 amide bonds. The number of ether oxygens (including phenoxy) is 3. The fraction of sp³-hybridized carbons (Fsp3) is 0.593. The average Bonchev–Trinajstić information content (AvgIpc) is 3.27. The number of rotatable bonds is 3. The number of aliphatic hydroxyl groups is 1. The van der Waals surface area contributed by atoms with Crippen molar-refractivity contribution in [3.63, 3.8) is 0 Å². The number of carbonyl (C=O) groups excluding carboxylic acids is 3. The molecular weight excluding hydrogens is 482 g/mol. The Morgan fingerprint density at radius 2 is 1.89 bits per heavy atom. The highest BCUT2D eigenvalue weighted by molar-refractivity contribution is 6.16. The van der Waals surface area contributed by atoms with Gasteiger partial charge in [0.1, 0.15) is 12.2 Å². The SMILES string of the molecule is C=C1C(=O)[C@@]23C(=O)O[C@H]4CCC(C)(C)[C@H]5[C@H](O)OC[C@@]45[C@@H]2CC[C@@H]1[C@H]3OC(=O)c1ccc([N+](=O)[O-])cc1. The van der Waals surface area contributed by atoms with Crippen molar-refractivity contribution < 1.29 is 38.6 Å². The number of non-ortho nitro benzene ring substituents is 1. The molecule has 0 aromatic heterocycles. The third-order valence-corrected chi connectivity index (χ3v) is 9.89. The van der Waals surface area contributed by atoms with Crippen LogP contribution in [0.5, 0.6) is 0 Å². The van der Waals surface area contributed by atoms with E-state index < -0.39 is 63.8 Å². The Morgan fingerprint density at radius 1 is 1.19 bits per heavy atom. The molecule has 2 heterocycles. The number of ketones is 1. The van der Waals surface area contributed by atoms with Gasteiger partial charge in [-0.3, -0.25) is 19.7 Å². The van der Waals surface area contributed by atoms with Gasteiger partial charge in [0.05, 0.1) is 17.1 Å². The first-order chi connectivity index (χ1) is 17.5. The van der Waals surface area contributed by atoms with Gasteiger partial charge in [-0.2, -0.15) is 0 Å². The van der Waals surface area contributed by atoms with Crippen molar-refractivity contribution in [2.75, 3.05) is 6.61 Å². The van der Waals surface area contributed by atoms with E-state index in [0.717, 1.165) is 6.42 Å². The standard InChI is InChI=1S/C27H29NO9/c1-13-16-8-9-17-26-12-35-23(31)19(26)25(2,3)11-10-18(26)36-24(32)27(17,20(13)29)21(16)37-22(30)14-4-6-15(7-5-14)28(33)34/h4-7,16-19,21,23,31H,1,8-12H2,2-3H3/t16-,17-,18-,19+,21+,23+,26+,27-/m0/s1. The summed E-state index contributed by atoms with van der Waals surface area (Å²) < 4.78 is 17.8. The number of Topliss-reactive ketones (excluding diaryl/α,β-unsaturated/α-hetero) is 1. The second-order valence-electron chi connectivity index (χ2n) is 11.8. The van der Waals surface area contributed by atoms with Gasteiger partial charge in [-0.1, -0.05) is 20.4 Å². The number of esters is 2. The molecule has 2 aliphatic heterocycles. The van der Waals surface area contributed by atoms with Crippen molar-refractivity contribution in [3.05, 3.63) is 52.1 Å². The van der Waals surface area contributed by atoms with Crippen LogP contribution in [0.1, 0.15) is 49.9 Å². The minimum absolute atomic E-state index is 0.0677. The number of nitrogens with zero attached hydrogens (tertiary/aromatic N) is 1. The number of nitro benzene ring substituents is 1. The summed E-state index contributed by atoms with van der Waals surface area (Å²) in [6, 6.07) is 4.96. The molecule has 3 saturated carbocycles. The van der Waals surface area contributed by atoms with Gasteiger partial charge in [0, 0.05) is 29.4 Å². The van der Waals surface area contributed by atoms with Crippen LogP contribution >= 0.6 is 0 Å². The number of hydrogen-bond donors (Lipinski definition) is 1. The maximum atomic E-state index is 13.9. The summed E-state index contributed by atoms with van der Waals surface area (Å²) in [7, 11) is 0. The van der Waals surface area contributed by atoms with E-state index in [1.54, 1.807) is 0 Å². The third kappa shape index (κ3) is 2.91. The van der Waals surface area contributed by atoms with Crippen LogP contribution < -0.4 is 0 Å². The molecule has 2 spiro atoms. The number of carbonyl (C=O) groups is 3. The summed E-state index contributed by atoms with van der Waals surface area (Å²) >= 11 is 0.